The molecule has 3 saturated carbocycles. The molecule has 3 fully saturated rings. The van der Waals surface area contributed by atoms with E-state index >= 15 is 0 Å². The van der Waals surface area contributed by atoms with E-state index in [-0.39, 0.29) is 40.3 Å². The average Bonchev–Trinajstić information content (AvgIpc) is 2.71. The van der Waals surface area contributed by atoms with E-state index in [2.05, 4.69) is 21.7 Å². The predicted molar refractivity (Wildman–Crippen MR) is 110 cm³/mol. The van der Waals surface area contributed by atoms with Crippen LogP contribution in [0.1, 0.15) is 41.7 Å². The summed E-state index contributed by atoms with van der Waals surface area (Å²) in [7, 11) is 0. The fourth-order valence-electron chi connectivity index (χ4n) is 4.31. The molecule has 1 aromatic carbocycles. The molecule has 31 heavy (non-hydrogen) atoms. The zero-order valence-corrected chi connectivity index (χ0v) is 17.3. The summed E-state index contributed by atoms with van der Waals surface area (Å²) in [6.45, 7) is -0.232. The van der Waals surface area contributed by atoms with Crippen molar-refractivity contribution in [3.05, 3.63) is 58.6 Å². The van der Waals surface area contributed by atoms with Gasteiger partial charge in [0.05, 0.1) is 11.1 Å². The smallest absolute Gasteiger partial charge is 0.270 e. The first kappa shape index (κ1) is 21.1. The molecule has 0 unspecified atom stereocenters. The highest BCUT2D eigenvalue weighted by Crippen LogP contribution is 2.60. The number of aromatic nitrogens is 1. The third kappa shape index (κ3) is 4.47. The molecule has 1 aromatic heterocycles. The van der Waals surface area contributed by atoms with Crippen LogP contribution in [-0.2, 0) is 11.2 Å². The van der Waals surface area contributed by atoms with Crippen LogP contribution >= 0.6 is 11.6 Å². The van der Waals surface area contributed by atoms with Gasteiger partial charge in [-0.1, -0.05) is 17.7 Å². The van der Waals surface area contributed by atoms with E-state index in [1.807, 2.05) is 0 Å². The second kappa shape index (κ2) is 8.16. The van der Waals surface area contributed by atoms with Crippen molar-refractivity contribution in [1.29, 1.82) is 5.26 Å². The van der Waals surface area contributed by atoms with Crippen LogP contribution in [0.5, 0.6) is 5.75 Å². The molecule has 0 saturated heterocycles. The van der Waals surface area contributed by atoms with Crippen LogP contribution in [0.3, 0.4) is 0 Å². The first-order valence-electron chi connectivity index (χ1n) is 9.85. The van der Waals surface area contributed by atoms with Crippen molar-refractivity contribution in [2.45, 2.75) is 43.2 Å². The minimum Gasteiger partial charge on any atom is -0.484 e. The first-order valence-corrected chi connectivity index (χ1v) is 10.2. The summed E-state index contributed by atoms with van der Waals surface area (Å²) >= 11 is 5.62. The molecule has 0 radical (unpaired) electrons. The van der Waals surface area contributed by atoms with Gasteiger partial charge in [0.25, 0.3) is 11.8 Å². The Bertz CT molecular complexity index is 1050. The van der Waals surface area contributed by atoms with E-state index < -0.39 is 5.82 Å². The van der Waals surface area contributed by atoms with Crippen LogP contribution in [0.2, 0.25) is 5.02 Å². The lowest BCUT2D eigenvalue weighted by Crippen LogP contribution is -2.84. The van der Waals surface area contributed by atoms with Crippen LogP contribution in [0.25, 0.3) is 0 Å². The Morgan fingerprint density at radius 1 is 1.19 bits per heavy atom. The summed E-state index contributed by atoms with van der Waals surface area (Å²) in [4.78, 5) is 28.8. The third-order valence-corrected chi connectivity index (χ3v) is 5.96. The van der Waals surface area contributed by atoms with E-state index in [0.717, 1.165) is 11.6 Å². The molecule has 3 aliphatic rings. The molecule has 2 N–H and O–H groups in total. The van der Waals surface area contributed by atoms with Gasteiger partial charge in [-0.2, -0.15) is 5.26 Å². The number of hydrogen-bond acceptors (Lipinski definition) is 5. The average molecular weight is 443 g/mol. The summed E-state index contributed by atoms with van der Waals surface area (Å²) in [5, 5.41) is 14.6. The zero-order valence-electron chi connectivity index (χ0n) is 16.6. The van der Waals surface area contributed by atoms with Crippen molar-refractivity contribution < 1.29 is 18.7 Å². The number of nitrogens with one attached hydrogen (secondary N) is 2. The monoisotopic (exact) mass is 442 g/mol. The Morgan fingerprint density at radius 3 is 2.58 bits per heavy atom. The summed E-state index contributed by atoms with van der Waals surface area (Å²) in [6, 6.07) is 9.53. The van der Waals surface area contributed by atoms with Gasteiger partial charge in [-0.25, -0.2) is 4.39 Å². The quantitative estimate of drug-likeness (QED) is 0.654. The molecule has 0 aliphatic heterocycles. The summed E-state index contributed by atoms with van der Waals surface area (Å²) in [5.74, 6) is -0.934. The number of carbonyl (C=O) groups is 2. The van der Waals surface area contributed by atoms with Crippen molar-refractivity contribution in [2.24, 2.45) is 0 Å². The molecule has 3 aliphatic carbocycles. The number of nitriles is 1. The number of rotatable bonds is 8. The molecule has 0 atom stereocenters. The molecule has 1 heterocycles. The van der Waals surface area contributed by atoms with Crippen molar-refractivity contribution >= 4 is 23.4 Å². The number of aryl methyl sites for hydroxylation is 1. The highest BCUT2D eigenvalue weighted by atomic mass is 35.5. The molecule has 9 heteroatoms. The number of benzene rings is 1. The van der Waals surface area contributed by atoms with Gasteiger partial charge in [-0.3, -0.25) is 14.6 Å². The van der Waals surface area contributed by atoms with E-state index in [9.17, 15) is 14.0 Å². The molecule has 0 spiro atoms. The summed E-state index contributed by atoms with van der Waals surface area (Å²) in [6.07, 6.45) is 4.57. The Kier molecular flexibility index (Phi) is 5.54. The number of carbonyl (C=O) groups excluding carboxylic acids is 2. The fraction of sp³-hybridized carbons (Fsp3) is 0.364. The topological polar surface area (TPSA) is 104 Å². The van der Waals surface area contributed by atoms with Gasteiger partial charge in [0, 0.05) is 29.8 Å². The predicted octanol–water partition coefficient (Wildman–Crippen LogP) is 2.93. The van der Waals surface area contributed by atoms with Crippen LogP contribution in [-0.4, -0.2) is 34.5 Å². The van der Waals surface area contributed by atoms with Gasteiger partial charge in [0.1, 0.15) is 17.3 Å². The number of nitrogens with zero attached hydrogens (tertiary/aromatic N) is 2. The standard InChI is InChI=1S/C22H20ClFN4O3/c23-16-5-4-15(8-17(16)24)31-10-19(29)27-21-11-22(12-21,13-21)28-20(30)18-6-3-14(9-26-18)2-1-7-25/h3-6,8-9H,1-2,10-13H2,(H,27,29)(H,28,30). The van der Waals surface area contributed by atoms with Crippen molar-refractivity contribution in [3.8, 4) is 11.8 Å². The van der Waals surface area contributed by atoms with Crippen molar-refractivity contribution in [1.82, 2.24) is 15.6 Å². The maximum Gasteiger partial charge on any atom is 0.270 e. The van der Waals surface area contributed by atoms with Gasteiger partial charge >= 0.3 is 0 Å². The van der Waals surface area contributed by atoms with Crippen molar-refractivity contribution in [3.63, 3.8) is 0 Å². The third-order valence-electron chi connectivity index (χ3n) is 5.66. The van der Waals surface area contributed by atoms with E-state index in [4.69, 9.17) is 21.6 Å². The SMILES string of the molecule is N#CCCc1ccc(C(=O)NC23CC(NC(=O)COc4ccc(Cl)c(F)c4)(C2)C3)nc1. The van der Waals surface area contributed by atoms with Gasteiger partial charge < -0.3 is 15.4 Å². The van der Waals surface area contributed by atoms with Gasteiger partial charge in [-0.15, -0.1) is 0 Å². The fourth-order valence-corrected chi connectivity index (χ4v) is 4.43. The van der Waals surface area contributed by atoms with Gasteiger partial charge in [-0.05, 0) is 49.4 Å². The minimum atomic E-state index is -0.608. The van der Waals surface area contributed by atoms with Crippen LogP contribution in [0, 0.1) is 17.1 Å². The highest BCUT2D eigenvalue weighted by molar-refractivity contribution is 6.30. The number of halogens is 2. The van der Waals surface area contributed by atoms with Crippen molar-refractivity contribution in [2.75, 3.05) is 6.61 Å². The molecule has 2 aromatic rings. The highest BCUT2D eigenvalue weighted by Gasteiger charge is 2.69. The lowest BCUT2D eigenvalue weighted by molar-refractivity contribution is -0.141. The van der Waals surface area contributed by atoms with E-state index in [1.165, 1.54) is 12.1 Å². The Hall–Kier alpha value is -3.18. The molecule has 5 rings (SSSR count). The molecule has 7 nitrogen and oxygen atoms in total. The van der Waals surface area contributed by atoms with E-state index in [1.54, 1.807) is 18.3 Å². The molecular formula is C22H20ClFN4O3. The van der Waals surface area contributed by atoms with Crippen LogP contribution < -0.4 is 15.4 Å². The van der Waals surface area contributed by atoms with Crippen LogP contribution in [0.15, 0.2) is 36.5 Å². The second-order valence-electron chi connectivity index (χ2n) is 8.17. The molecule has 2 bridgehead atoms. The zero-order chi connectivity index (χ0) is 22.1. The normalized spacial score (nSPS) is 23.0. The Morgan fingerprint density at radius 2 is 1.94 bits per heavy atom. The van der Waals surface area contributed by atoms with Gasteiger partial charge in [0.15, 0.2) is 6.61 Å². The first-order chi connectivity index (χ1) is 14.8. The maximum absolute atomic E-state index is 13.4. The Balaban J connectivity index is 1.22. The number of pyridine rings is 1. The Labute approximate surface area is 183 Å². The second-order valence-corrected chi connectivity index (χ2v) is 8.57. The summed E-state index contributed by atoms with van der Waals surface area (Å²) < 4.78 is 18.7. The number of ether oxygens (including phenoxy) is 1. The molecule has 160 valence electrons. The lowest BCUT2D eigenvalue weighted by Gasteiger charge is -2.70. The minimum absolute atomic E-state index is 0.0110. The van der Waals surface area contributed by atoms with E-state index in [0.29, 0.717) is 37.8 Å². The largest absolute Gasteiger partial charge is 0.484 e. The maximum atomic E-state index is 13.4. The number of hydrogen-bond donors (Lipinski definition) is 2. The van der Waals surface area contributed by atoms with Gasteiger partial charge in [0.2, 0.25) is 0 Å². The van der Waals surface area contributed by atoms with Crippen LogP contribution in [0.4, 0.5) is 4.39 Å². The molecule has 2 amide bonds. The summed E-state index contributed by atoms with van der Waals surface area (Å²) in [5.41, 5.74) is 0.597. The molecular weight excluding hydrogens is 423 g/mol. The lowest BCUT2D eigenvalue weighted by atomic mass is 9.44. The number of amides is 2.